The Morgan fingerprint density at radius 1 is 1.11 bits per heavy atom. The molecule has 4 heteroatoms. The third-order valence-electron chi connectivity index (χ3n) is 2.74. The Balaban J connectivity index is 2.05. The number of benzene rings is 2. The lowest BCUT2D eigenvalue weighted by Crippen LogP contribution is -1.99. The molecule has 0 saturated carbocycles. The molecule has 0 aliphatic heterocycles. The van der Waals surface area contributed by atoms with Gasteiger partial charge in [-0.1, -0.05) is 12.1 Å². The summed E-state index contributed by atoms with van der Waals surface area (Å²) in [5.41, 5.74) is 1.21. The van der Waals surface area contributed by atoms with Crippen molar-refractivity contribution >= 4 is 0 Å². The van der Waals surface area contributed by atoms with Crippen LogP contribution in [-0.2, 0) is 13.2 Å². The second-order valence-electron chi connectivity index (χ2n) is 4.05. The van der Waals surface area contributed by atoms with E-state index in [4.69, 9.17) is 14.6 Å². The molecule has 2 aromatic carbocycles. The van der Waals surface area contributed by atoms with E-state index in [2.05, 4.69) is 0 Å². The maximum absolute atomic E-state index is 13.7. The number of hydrogen-bond acceptors (Lipinski definition) is 3. The molecule has 3 nitrogen and oxygen atoms in total. The Labute approximate surface area is 111 Å². The second kappa shape index (κ2) is 6.20. The van der Waals surface area contributed by atoms with E-state index < -0.39 is 0 Å². The highest BCUT2D eigenvalue weighted by atomic mass is 19.1. The summed E-state index contributed by atoms with van der Waals surface area (Å²) in [6.45, 7) is 0.0821. The van der Waals surface area contributed by atoms with E-state index in [1.54, 1.807) is 36.4 Å². The van der Waals surface area contributed by atoms with Crippen LogP contribution >= 0.6 is 0 Å². The van der Waals surface area contributed by atoms with Crippen LogP contribution in [0.4, 0.5) is 4.39 Å². The maximum atomic E-state index is 13.7. The van der Waals surface area contributed by atoms with E-state index in [9.17, 15) is 4.39 Å². The molecule has 0 heterocycles. The van der Waals surface area contributed by atoms with Crippen LogP contribution in [0.25, 0.3) is 0 Å². The van der Waals surface area contributed by atoms with Gasteiger partial charge in [-0.25, -0.2) is 4.39 Å². The van der Waals surface area contributed by atoms with Crippen molar-refractivity contribution in [3.63, 3.8) is 0 Å². The van der Waals surface area contributed by atoms with E-state index in [1.807, 2.05) is 0 Å². The van der Waals surface area contributed by atoms with Gasteiger partial charge in [-0.3, -0.25) is 0 Å². The second-order valence-corrected chi connectivity index (χ2v) is 4.05. The molecule has 0 radical (unpaired) electrons. The zero-order valence-electron chi connectivity index (χ0n) is 10.6. The zero-order valence-corrected chi connectivity index (χ0v) is 10.6. The van der Waals surface area contributed by atoms with Gasteiger partial charge in [0, 0.05) is 11.6 Å². The molecule has 0 bridgehead atoms. The number of aliphatic hydroxyl groups is 1. The van der Waals surface area contributed by atoms with E-state index in [0.717, 1.165) is 5.56 Å². The van der Waals surface area contributed by atoms with Gasteiger partial charge < -0.3 is 14.6 Å². The molecule has 19 heavy (non-hydrogen) atoms. The van der Waals surface area contributed by atoms with Crippen LogP contribution in [0.2, 0.25) is 0 Å². The van der Waals surface area contributed by atoms with Gasteiger partial charge in [0.25, 0.3) is 0 Å². The van der Waals surface area contributed by atoms with Crippen molar-refractivity contribution in [3.05, 3.63) is 59.4 Å². The van der Waals surface area contributed by atoms with Crippen molar-refractivity contribution in [1.82, 2.24) is 0 Å². The molecule has 2 rings (SSSR count). The number of rotatable bonds is 5. The molecule has 0 spiro atoms. The molecule has 0 fully saturated rings. The molecule has 100 valence electrons. The predicted octanol–water partition coefficient (Wildman–Crippen LogP) is 2.91. The topological polar surface area (TPSA) is 38.7 Å². The monoisotopic (exact) mass is 262 g/mol. The van der Waals surface area contributed by atoms with Crippen LogP contribution in [0, 0.1) is 5.82 Å². The molecule has 0 aliphatic carbocycles. The van der Waals surface area contributed by atoms with E-state index in [0.29, 0.717) is 17.1 Å². The van der Waals surface area contributed by atoms with Crippen molar-refractivity contribution in [1.29, 1.82) is 0 Å². The summed E-state index contributed by atoms with van der Waals surface area (Å²) in [4.78, 5) is 0. The molecule has 0 saturated heterocycles. The number of hydrogen-bond donors (Lipinski definition) is 1. The highest BCUT2D eigenvalue weighted by molar-refractivity contribution is 5.30. The first-order valence-corrected chi connectivity index (χ1v) is 5.88. The Bertz CT molecular complexity index is 555. The van der Waals surface area contributed by atoms with Crippen molar-refractivity contribution in [3.8, 4) is 11.5 Å². The summed E-state index contributed by atoms with van der Waals surface area (Å²) in [5.74, 6) is 0.711. The number of aliphatic hydroxyl groups excluding tert-OH is 1. The third-order valence-corrected chi connectivity index (χ3v) is 2.74. The Morgan fingerprint density at radius 3 is 2.63 bits per heavy atom. The van der Waals surface area contributed by atoms with Crippen LogP contribution in [0.5, 0.6) is 11.5 Å². The summed E-state index contributed by atoms with van der Waals surface area (Å²) in [6, 6.07) is 11.7. The Hall–Kier alpha value is -2.07. The first kappa shape index (κ1) is 13.4. The molecule has 2 aromatic rings. The van der Waals surface area contributed by atoms with Crippen LogP contribution in [0.3, 0.4) is 0 Å². The van der Waals surface area contributed by atoms with Crippen molar-refractivity contribution < 1.29 is 19.0 Å². The van der Waals surface area contributed by atoms with Gasteiger partial charge in [0.2, 0.25) is 0 Å². The van der Waals surface area contributed by atoms with Gasteiger partial charge in [0.1, 0.15) is 23.9 Å². The van der Waals surface area contributed by atoms with Gasteiger partial charge >= 0.3 is 0 Å². The average Bonchev–Trinajstić information content (AvgIpc) is 2.46. The van der Waals surface area contributed by atoms with Gasteiger partial charge in [0.05, 0.1) is 13.7 Å². The minimum Gasteiger partial charge on any atom is -0.497 e. The minimum absolute atomic E-state index is 0.0475. The fraction of sp³-hybridized carbons (Fsp3) is 0.200. The first-order chi connectivity index (χ1) is 9.22. The maximum Gasteiger partial charge on any atom is 0.133 e. The first-order valence-electron chi connectivity index (χ1n) is 5.88. The molecule has 0 amide bonds. The van der Waals surface area contributed by atoms with Crippen LogP contribution in [0.1, 0.15) is 11.1 Å². The van der Waals surface area contributed by atoms with Crippen molar-refractivity contribution in [2.45, 2.75) is 13.2 Å². The zero-order chi connectivity index (χ0) is 13.7. The highest BCUT2D eigenvalue weighted by Gasteiger charge is 2.05. The SMILES string of the molecule is COc1ccc(COc2cccc(CO)c2)c(F)c1. The standard InChI is InChI=1S/C15H15FO3/c1-18-13-6-5-12(15(16)8-13)10-19-14-4-2-3-11(7-14)9-17/h2-8,17H,9-10H2,1H3. The Morgan fingerprint density at radius 2 is 1.95 bits per heavy atom. The molecule has 1 N–H and O–H groups in total. The van der Waals surface area contributed by atoms with Gasteiger partial charge in [-0.05, 0) is 29.8 Å². The fourth-order valence-electron chi connectivity index (χ4n) is 1.67. The molecule has 0 aliphatic rings. The number of halogens is 1. The summed E-state index contributed by atoms with van der Waals surface area (Å²) in [5, 5.41) is 9.02. The van der Waals surface area contributed by atoms with Gasteiger partial charge in [-0.2, -0.15) is 0 Å². The smallest absolute Gasteiger partial charge is 0.133 e. The highest BCUT2D eigenvalue weighted by Crippen LogP contribution is 2.19. The molecule has 0 aromatic heterocycles. The quantitative estimate of drug-likeness (QED) is 0.900. The Kier molecular flexibility index (Phi) is 4.36. The van der Waals surface area contributed by atoms with Crippen molar-refractivity contribution in [2.24, 2.45) is 0 Å². The van der Waals surface area contributed by atoms with Crippen LogP contribution < -0.4 is 9.47 Å². The summed E-state index contributed by atoms with van der Waals surface area (Å²) >= 11 is 0. The van der Waals surface area contributed by atoms with E-state index in [1.165, 1.54) is 13.2 Å². The van der Waals surface area contributed by atoms with Gasteiger partial charge in [0.15, 0.2) is 0 Å². The van der Waals surface area contributed by atoms with Crippen LogP contribution in [-0.4, -0.2) is 12.2 Å². The minimum atomic E-state index is -0.363. The normalized spacial score (nSPS) is 10.3. The molecular formula is C15H15FO3. The lowest BCUT2D eigenvalue weighted by Gasteiger charge is -2.09. The van der Waals surface area contributed by atoms with Gasteiger partial charge in [-0.15, -0.1) is 0 Å². The fourth-order valence-corrected chi connectivity index (χ4v) is 1.67. The number of ether oxygens (including phenoxy) is 2. The van der Waals surface area contributed by atoms with E-state index in [-0.39, 0.29) is 19.0 Å². The summed E-state index contributed by atoms with van der Waals surface area (Å²) in [6.07, 6.45) is 0. The summed E-state index contributed by atoms with van der Waals surface area (Å²) < 4.78 is 24.1. The average molecular weight is 262 g/mol. The predicted molar refractivity (Wildman–Crippen MR) is 69.6 cm³/mol. The van der Waals surface area contributed by atoms with E-state index >= 15 is 0 Å². The van der Waals surface area contributed by atoms with Crippen molar-refractivity contribution in [2.75, 3.05) is 7.11 Å². The number of methoxy groups -OCH3 is 1. The molecule has 0 atom stereocenters. The van der Waals surface area contributed by atoms with Crippen LogP contribution in [0.15, 0.2) is 42.5 Å². The third kappa shape index (κ3) is 3.45. The largest absolute Gasteiger partial charge is 0.497 e. The molecule has 0 unspecified atom stereocenters. The molecular weight excluding hydrogens is 247 g/mol. The lowest BCUT2D eigenvalue weighted by atomic mass is 10.2. The summed E-state index contributed by atoms with van der Waals surface area (Å²) in [7, 11) is 1.49. The lowest BCUT2D eigenvalue weighted by molar-refractivity contribution is 0.277.